The molecule has 2 aromatic carbocycles. The van der Waals surface area contributed by atoms with Crippen LogP contribution in [-0.2, 0) is 12.8 Å². The lowest BCUT2D eigenvalue weighted by atomic mass is 10.1. The first kappa shape index (κ1) is 19.8. The SMILES string of the molecule is C#CCN[C@@H]1CCc2ccc(O)cc21.C#CCN[C@H]1CCc2ccc(O)cc21. The van der Waals surface area contributed by atoms with Crippen LogP contribution in [0.15, 0.2) is 36.4 Å². The molecule has 2 aromatic rings. The van der Waals surface area contributed by atoms with E-state index in [1.165, 1.54) is 22.3 Å². The van der Waals surface area contributed by atoms with E-state index in [1.807, 2.05) is 24.3 Å². The van der Waals surface area contributed by atoms with Gasteiger partial charge in [0.15, 0.2) is 0 Å². The Balaban J connectivity index is 0.000000161. The van der Waals surface area contributed by atoms with Gasteiger partial charge >= 0.3 is 0 Å². The summed E-state index contributed by atoms with van der Waals surface area (Å²) in [7, 11) is 0. The average Bonchev–Trinajstić information content (AvgIpc) is 3.28. The van der Waals surface area contributed by atoms with Gasteiger partial charge in [0.25, 0.3) is 0 Å². The highest BCUT2D eigenvalue weighted by molar-refractivity contribution is 5.41. The molecule has 0 aromatic heterocycles. The van der Waals surface area contributed by atoms with E-state index in [0.29, 0.717) is 36.7 Å². The maximum Gasteiger partial charge on any atom is 0.115 e. The van der Waals surface area contributed by atoms with Gasteiger partial charge in [-0.3, -0.25) is 10.6 Å². The fourth-order valence-corrected chi connectivity index (χ4v) is 3.97. The van der Waals surface area contributed by atoms with Gasteiger partial charge in [-0.1, -0.05) is 24.0 Å². The molecule has 0 heterocycles. The first-order valence-corrected chi connectivity index (χ1v) is 9.59. The van der Waals surface area contributed by atoms with E-state index < -0.39 is 0 Å². The number of aryl methyl sites for hydroxylation is 2. The number of rotatable bonds is 4. The zero-order chi connectivity index (χ0) is 19.9. The van der Waals surface area contributed by atoms with Crippen LogP contribution in [0.5, 0.6) is 11.5 Å². The second-order valence-corrected chi connectivity index (χ2v) is 7.12. The van der Waals surface area contributed by atoms with Crippen molar-refractivity contribution in [3.8, 4) is 36.2 Å². The molecule has 28 heavy (non-hydrogen) atoms. The first-order chi connectivity index (χ1) is 13.6. The normalized spacial score (nSPS) is 18.9. The van der Waals surface area contributed by atoms with Gasteiger partial charge < -0.3 is 10.2 Å². The maximum absolute atomic E-state index is 9.37. The largest absolute Gasteiger partial charge is 0.508 e. The molecule has 144 valence electrons. The van der Waals surface area contributed by atoms with Crippen molar-refractivity contribution in [1.82, 2.24) is 10.6 Å². The molecule has 0 saturated carbocycles. The molecule has 0 unspecified atom stereocenters. The van der Waals surface area contributed by atoms with Gasteiger partial charge in [-0.15, -0.1) is 12.8 Å². The molecule has 4 nitrogen and oxygen atoms in total. The van der Waals surface area contributed by atoms with Crippen LogP contribution in [0.4, 0.5) is 0 Å². The van der Waals surface area contributed by atoms with Crippen molar-refractivity contribution in [3.63, 3.8) is 0 Å². The Morgan fingerprint density at radius 2 is 1.21 bits per heavy atom. The molecule has 0 saturated heterocycles. The number of nitrogens with one attached hydrogen (secondary N) is 2. The molecular weight excluding hydrogens is 348 g/mol. The third-order valence-electron chi connectivity index (χ3n) is 5.32. The van der Waals surface area contributed by atoms with E-state index in [9.17, 15) is 10.2 Å². The number of hydrogen-bond acceptors (Lipinski definition) is 4. The number of aromatic hydroxyl groups is 2. The summed E-state index contributed by atoms with van der Waals surface area (Å²) in [6.07, 6.45) is 14.7. The lowest BCUT2D eigenvalue weighted by molar-refractivity contribution is 0.472. The van der Waals surface area contributed by atoms with Crippen molar-refractivity contribution in [2.75, 3.05) is 13.1 Å². The average molecular weight is 374 g/mol. The molecule has 0 amide bonds. The Labute approximate surface area is 167 Å². The summed E-state index contributed by atoms with van der Waals surface area (Å²) in [4.78, 5) is 0. The predicted molar refractivity (Wildman–Crippen MR) is 112 cm³/mol. The Bertz CT molecular complexity index is 832. The Morgan fingerprint density at radius 3 is 1.61 bits per heavy atom. The van der Waals surface area contributed by atoms with E-state index in [-0.39, 0.29) is 0 Å². The van der Waals surface area contributed by atoms with Crippen LogP contribution >= 0.6 is 0 Å². The number of terminal acetylenes is 2. The molecule has 2 atom stereocenters. The molecule has 2 aliphatic carbocycles. The van der Waals surface area contributed by atoms with Gasteiger partial charge in [-0.2, -0.15) is 0 Å². The van der Waals surface area contributed by atoms with Gasteiger partial charge in [-0.05, 0) is 72.2 Å². The first-order valence-electron chi connectivity index (χ1n) is 9.59. The molecule has 0 aliphatic heterocycles. The van der Waals surface area contributed by atoms with Gasteiger partial charge in [0, 0.05) is 12.1 Å². The Morgan fingerprint density at radius 1 is 0.786 bits per heavy atom. The molecular formula is C24H26N2O2. The number of fused-ring (bicyclic) bond motifs is 2. The molecule has 0 bridgehead atoms. The van der Waals surface area contributed by atoms with Crippen molar-refractivity contribution in [1.29, 1.82) is 0 Å². The monoisotopic (exact) mass is 374 g/mol. The maximum atomic E-state index is 9.37. The molecule has 0 radical (unpaired) electrons. The van der Waals surface area contributed by atoms with Crippen LogP contribution in [-0.4, -0.2) is 23.3 Å². The van der Waals surface area contributed by atoms with E-state index in [0.717, 1.165) is 25.7 Å². The highest BCUT2D eigenvalue weighted by Gasteiger charge is 2.22. The minimum absolute atomic E-state index is 0.313. The summed E-state index contributed by atoms with van der Waals surface area (Å²) in [6, 6.07) is 11.7. The summed E-state index contributed by atoms with van der Waals surface area (Å²) in [5, 5.41) is 25.3. The summed E-state index contributed by atoms with van der Waals surface area (Å²) in [5.41, 5.74) is 5.02. The van der Waals surface area contributed by atoms with Gasteiger partial charge in [0.05, 0.1) is 13.1 Å². The van der Waals surface area contributed by atoms with E-state index in [1.54, 1.807) is 12.1 Å². The third-order valence-corrected chi connectivity index (χ3v) is 5.32. The van der Waals surface area contributed by atoms with Crippen LogP contribution in [0.2, 0.25) is 0 Å². The topological polar surface area (TPSA) is 64.5 Å². The van der Waals surface area contributed by atoms with Crippen molar-refractivity contribution in [2.24, 2.45) is 0 Å². The fourth-order valence-electron chi connectivity index (χ4n) is 3.97. The lowest BCUT2D eigenvalue weighted by Gasteiger charge is -2.11. The predicted octanol–water partition coefficient (Wildman–Crippen LogP) is 3.20. The molecule has 4 N–H and O–H groups in total. The molecule has 0 fully saturated rings. The Kier molecular flexibility index (Phi) is 6.61. The highest BCUT2D eigenvalue weighted by Crippen LogP contribution is 2.34. The summed E-state index contributed by atoms with van der Waals surface area (Å²) < 4.78 is 0. The highest BCUT2D eigenvalue weighted by atomic mass is 16.3. The van der Waals surface area contributed by atoms with Gasteiger partial charge in [0.2, 0.25) is 0 Å². The van der Waals surface area contributed by atoms with Crippen molar-refractivity contribution < 1.29 is 10.2 Å². The molecule has 4 heteroatoms. The number of phenols is 2. The van der Waals surface area contributed by atoms with Crippen molar-refractivity contribution in [2.45, 2.75) is 37.8 Å². The number of hydrogen-bond donors (Lipinski definition) is 4. The van der Waals surface area contributed by atoms with Crippen LogP contribution in [0, 0.1) is 24.7 Å². The second-order valence-electron chi connectivity index (χ2n) is 7.12. The zero-order valence-electron chi connectivity index (χ0n) is 15.9. The Hall–Kier alpha value is -2.92. The quantitative estimate of drug-likeness (QED) is 0.621. The molecule has 2 aliphatic rings. The van der Waals surface area contributed by atoms with Gasteiger partial charge in [0.1, 0.15) is 11.5 Å². The van der Waals surface area contributed by atoms with Crippen LogP contribution in [0.1, 0.15) is 47.2 Å². The third kappa shape index (κ3) is 4.67. The molecule has 0 spiro atoms. The van der Waals surface area contributed by atoms with Crippen molar-refractivity contribution in [3.05, 3.63) is 58.7 Å². The van der Waals surface area contributed by atoms with E-state index >= 15 is 0 Å². The lowest BCUT2D eigenvalue weighted by Crippen LogP contribution is -2.19. The van der Waals surface area contributed by atoms with E-state index in [2.05, 4.69) is 22.5 Å². The zero-order valence-corrected chi connectivity index (χ0v) is 15.9. The standard InChI is InChI=1S/2C12H13NO/c2*1-2-7-13-12-6-4-9-3-5-10(14)8-11(9)12/h2*1,3,5,8,12-14H,4,6-7H2/t2*12-/m10/s1. The van der Waals surface area contributed by atoms with Crippen LogP contribution in [0.25, 0.3) is 0 Å². The second kappa shape index (κ2) is 9.33. The summed E-state index contributed by atoms with van der Waals surface area (Å²) in [6.45, 7) is 1.17. The summed E-state index contributed by atoms with van der Waals surface area (Å²) in [5.74, 6) is 5.80. The van der Waals surface area contributed by atoms with Crippen molar-refractivity contribution >= 4 is 0 Å². The summed E-state index contributed by atoms with van der Waals surface area (Å²) >= 11 is 0. The number of benzene rings is 2. The van der Waals surface area contributed by atoms with Crippen LogP contribution < -0.4 is 10.6 Å². The minimum atomic E-state index is 0.313. The van der Waals surface area contributed by atoms with E-state index in [4.69, 9.17) is 12.8 Å². The van der Waals surface area contributed by atoms with Gasteiger partial charge in [-0.25, -0.2) is 0 Å². The fraction of sp³-hybridized carbons (Fsp3) is 0.333. The molecule has 4 rings (SSSR count). The van der Waals surface area contributed by atoms with Crippen LogP contribution in [0.3, 0.4) is 0 Å². The smallest absolute Gasteiger partial charge is 0.115 e. The minimum Gasteiger partial charge on any atom is -0.508 e. The number of phenolic OH excluding ortho intramolecular Hbond substituents is 2.